The molecular weight excluding hydrogens is 126 g/mol. The second-order valence-electron chi connectivity index (χ2n) is 2.05. The van der Waals surface area contributed by atoms with E-state index >= 15 is 0 Å². The van der Waals surface area contributed by atoms with Crippen LogP contribution in [-0.2, 0) is 13.1 Å². The summed E-state index contributed by atoms with van der Waals surface area (Å²) in [4.78, 5) is 0. The first-order valence-electron chi connectivity index (χ1n) is 3.08. The van der Waals surface area contributed by atoms with Crippen LogP contribution < -0.4 is 5.73 Å². The molecule has 0 amide bonds. The van der Waals surface area contributed by atoms with E-state index in [0.717, 1.165) is 5.56 Å². The first-order chi connectivity index (χ1) is 4.86. The number of hydrogen-bond donors (Lipinski definition) is 1. The van der Waals surface area contributed by atoms with Gasteiger partial charge in [0.1, 0.15) is 6.54 Å². The van der Waals surface area contributed by atoms with Gasteiger partial charge < -0.3 is 10.3 Å². The van der Waals surface area contributed by atoms with E-state index in [-0.39, 0.29) is 0 Å². The van der Waals surface area contributed by atoms with Gasteiger partial charge in [0.15, 0.2) is 0 Å². The lowest BCUT2D eigenvalue weighted by Gasteiger charge is -1.90. The smallest absolute Gasteiger partial charge is 0.109 e. The van der Waals surface area contributed by atoms with E-state index in [2.05, 4.69) is 0 Å². The molecule has 0 aromatic carbocycles. The van der Waals surface area contributed by atoms with Crippen molar-refractivity contribution in [3.63, 3.8) is 0 Å². The molecule has 3 nitrogen and oxygen atoms in total. The second-order valence-corrected chi connectivity index (χ2v) is 2.05. The minimum absolute atomic E-state index is 0.403. The Morgan fingerprint density at radius 1 is 1.70 bits per heavy atom. The Hall–Kier alpha value is -1.27. The molecule has 1 aromatic heterocycles. The van der Waals surface area contributed by atoms with Gasteiger partial charge in [0, 0.05) is 18.9 Å². The first-order valence-corrected chi connectivity index (χ1v) is 3.08. The number of aromatic nitrogens is 1. The van der Waals surface area contributed by atoms with Crippen LogP contribution >= 0.6 is 0 Å². The third-order valence-corrected chi connectivity index (χ3v) is 1.30. The highest BCUT2D eigenvalue weighted by Gasteiger charge is 1.91. The van der Waals surface area contributed by atoms with Crippen LogP contribution in [0.5, 0.6) is 0 Å². The normalized spacial score (nSPS) is 9.20. The Bertz CT molecular complexity index is 244. The topological polar surface area (TPSA) is 54.7 Å². The molecule has 10 heavy (non-hydrogen) atoms. The van der Waals surface area contributed by atoms with Gasteiger partial charge in [-0.2, -0.15) is 5.26 Å². The molecule has 1 heterocycles. The van der Waals surface area contributed by atoms with E-state index in [4.69, 9.17) is 11.0 Å². The first kappa shape index (κ1) is 6.84. The summed E-state index contributed by atoms with van der Waals surface area (Å²) in [5.74, 6) is 0. The van der Waals surface area contributed by atoms with Crippen molar-refractivity contribution in [2.24, 2.45) is 5.73 Å². The summed E-state index contributed by atoms with van der Waals surface area (Å²) in [6.07, 6.45) is 3.73. The predicted molar refractivity (Wildman–Crippen MR) is 37.9 cm³/mol. The van der Waals surface area contributed by atoms with Gasteiger partial charge in [0.2, 0.25) is 0 Å². The van der Waals surface area contributed by atoms with Crippen LogP contribution in [0.4, 0.5) is 0 Å². The standard InChI is InChI=1S/C7H9N3/c8-2-4-10-3-1-7(5-9)6-10/h1,3,6H,4-5,9H2. The molecular formula is C7H9N3. The minimum atomic E-state index is 0.403. The van der Waals surface area contributed by atoms with Crippen molar-refractivity contribution in [3.8, 4) is 6.07 Å². The Kier molecular flexibility index (Phi) is 2.08. The Balaban J connectivity index is 2.70. The fraction of sp³-hybridized carbons (Fsp3) is 0.286. The van der Waals surface area contributed by atoms with Gasteiger partial charge in [-0.25, -0.2) is 0 Å². The van der Waals surface area contributed by atoms with Crippen molar-refractivity contribution in [2.75, 3.05) is 0 Å². The van der Waals surface area contributed by atoms with Gasteiger partial charge in [-0.1, -0.05) is 0 Å². The molecule has 2 N–H and O–H groups in total. The second kappa shape index (κ2) is 3.04. The van der Waals surface area contributed by atoms with Crippen molar-refractivity contribution < 1.29 is 0 Å². The molecule has 0 fully saturated rings. The summed E-state index contributed by atoms with van der Waals surface area (Å²) in [6.45, 7) is 0.943. The van der Waals surface area contributed by atoms with E-state index in [1.54, 1.807) is 0 Å². The highest BCUT2D eigenvalue weighted by molar-refractivity contribution is 5.10. The molecule has 52 valence electrons. The van der Waals surface area contributed by atoms with Crippen LogP contribution in [0.25, 0.3) is 0 Å². The summed E-state index contributed by atoms with van der Waals surface area (Å²) >= 11 is 0. The van der Waals surface area contributed by atoms with Crippen LogP contribution in [-0.4, -0.2) is 4.57 Å². The number of nitriles is 1. The molecule has 0 atom stereocenters. The summed E-state index contributed by atoms with van der Waals surface area (Å²) in [5, 5.41) is 8.30. The predicted octanol–water partition coefficient (Wildman–Crippen LogP) is 0.470. The van der Waals surface area contributed by atoms with E-state index < -0.39 is 0 Å². The molecule has 1 aromatic rings. The third-order valence-electron chi connectivity index (χ3n) is 1.30. The van der Waals surface area contributed by atoms with Gasteiger partial charge in [-0.3, -0.25) is 0 Å². The molecule has 1 rings (SSSR count). The maximum Gasteiger partial charge on any atom is 0.109 e. The van der Waals surface area contributed by atoms with Gasteiger partial charge in [-0.05, 0) is 11.6 Å². The average molecular weight is 135 g/mol. The zero-order valence-electron chi connectivity index (χ0n) is 5.62. The van der Waals surface area contributed by atoms with Gasteiger partial charge in [-0.15, -0.1) is 0 Å². The van der Waals surface area contributed by atoms with Crippen LogP contribution in [0.1, 0.15) is 5.56 Å². The largest absolute Gasteiger partial charge is 0.340 e. The maximum atomic E-state index is 8.30. The SMILES string of the molecule is N#CCn1ccc(CN)c1. The molecule has 0 aliphatic carbocycles. The molecule has 0 saturated heterocycles. The highest BCUT2D eigenvalue weighted by atomic mass is 14.9. The van der Waals surface area contributed by atoms with Gasteiger partial charge in [0.05, 0.1) is 6.07 Å². The van der Waals surface area contributed by atoms with Gasteiger partial charge in [0.25, 0.3) is 0 Å². The van der Waals surface area contributed by atoms with Crippen LogP contribution in [0.2, 0.25) is 0 Å². The van der Waals surface area contributed by atoms with Crippen molar-refractivity contribution in [2.45, 2.75) is 13.1 Å². The third kappa shape index (κ3) is 1.36. The van der Waals surface area contributed by atoms with E-state index in [9.17, 15) is 0 Å². The summed E-state index contributed by atoms with van der Waals surface area (Å²) < 4.78 is 1.81. The lowest BCUT2D eigenvalue weighted by Crippen LogP contribution is -1.94. The van der Waals surface area contributed by atoms with Crippen molar-refractivity contribution >= 4 is 0 Å². The molecule has 0 saturated carbocycles. The number of nitrogens with zero attached hydrogens (tertiary/aromatic N) is 2. The van der Waals surface area contributed by atoms with Crippen LogP contribution in [0.15, 0.2) is 18.5 Å². The molecule has 0 radical (unpaired) electrons. The number of rotatable bonds is 2. The van der Waals surface area contributed by atoms with Gasteiger partial charge >= 0.3 is 0 Å². The van der Waals surface area contributed by atoms with Crippen LogP contribution in [0.3, 0.4) is 0 Å². The molecule has 0 aliphatic rings. The van der Waals surface area contributed by atoms with Crippen molar-refractivity contribution in [1.29, 1.82) is 5.26 Å². The lowest BCUT2D eigenvalue weighted by molar-refractivity contribution is 0.835. The Labute approximate surface area is 59.7 Å². The lowest BCUT2D eigenvalue weighted by atomic mass is 10.4. The summed E-state index contributed by atoms with van der Waals surface area (Å²) in [6, 6.07) is 3.96. The molecule has 0 aliphatic heterocycles. The maximum absolute atomic E-state index is 8.30. The van der Waals surface area contributed by atoms with Crippen molar-refractivity contribution in [1.82, 2.24) is 4.57 Å². The zero-order chi connectivity index (χ0) is 7.40. The van der Waals surface area contributed by atoms with E-state index in [1.165, 1.54) is 0 Å². The quantitative estimate of drug-likeness (QED) is 0.640. The molecule has 0 spiro atoms. The highest BCUT2D eigenvalue weighted by Crippen LogP contribution is 1.98. The molecule has 0 bridgehead atoms. The fourth-order valence-corrected chi connectivity index (χ4v) is 0.791. The average Bonchev–Trinajstić information content (AvgIpc) is 2.37. The minimum Gasteiger partial charge on any atom is -0.340 e. The zero-order valence-corrected chi connectivity index (χ0v) is 5.62. The monoisotopic (exact) mass is 135 g/mol. The number of hydrogen-bond acceptors (Lipinski definition) is 2. The van der Waals surface area contributed by atoms with Crippen LogP contribution in [0, 0.1) is 11.3 Å². The Morgan fingerprint density at radius 3 is 3.00 bits per heavy atom. The fourth-order valence-electron chi connectivity index (χ4n) is 0.791. The number of nitrogens with two attached hydrogens (primary N) is 1. The summed E-state index contributed by atoms with van der Waals surface area (Å²) in [7, 11) is 0. The summed E-state index contributed by atoms with van der Waals surface area (Å²) in [5.41, 5.74) is 6.43. The molecule has 0 unspecified atom stereocenters. The van der Waals surface area contributed by atoms with E-state index in [1.807, 2.05) is 29.1 Å². The van der Waals surface area contributed by atoms with Crippen molar-refractivity contribution in [3.05, 3.63) is 24.0 Å². The molecule has 3 heteroatoms. The van der Waals surface area contributed by atoms with E-state index in [0.29, 0.717) is 13.1 Å². The Morgan fingerprint density at radius 2 is 2.50 bits per heavy atom.